The molecule has 2 heterocycles. The Morgan fingerprint density at radius 3 is 2.56 bits per heavy atom. The number of ether oxygens (including phenoxy) is 1. The van der Waals surface area contributed by atoms with Crippen LogP contribution in [0.4, 0.5) is 4.79 Å². The Hall–Kier alpha value is -3.39. The third-order valence-electron chi connectivity index (χ3n) is 6.34. The minimum Gasteiger partial charge on any atom is -0.481 e. The van der Waals surface area contributed by atoms with Crippen LogP contribution >= 0.6 is 11.3 Å². The van der Waals surface area contributed by atoms with E-state index in [1.807, 2.05) is 55.5 Å². The first kappa shape index (κ1) is 23.8. The molecule has 2 amide bonds. The summed E-state index contributed by atoms with van der Waals surface area (Å²) in [6.07, 6.45) is 0.292. The van der Waals surface area contributed by atoms with Crippen LogP contribution in [0.25, 0.3) is 10.1 Å². The number of carboxylic acids is 1. The number of rotatable bonds is 8. The molecular formula is C26H28N2O5S. The Morgan fingerprint density at radius 1 is 1.15 bits per heavy atom. The zero-order valence-corrected chi connectivity index (χ0v) is 20.1. The van der Waals surface area contributed by atoms with Gasteiger partial charge in [0.25, 0.3) is 0 Å². The molecule has 7 nitrogen and oxygen atoms in total. The third kappa shape index (κ3) is 4.92. The summed E-state index contributed by atoms with van der Waals surface area (Å²) in [5, 5.41) is 11.7. The van der Waals surface area contributed by atoms with Crippen molar-refractivity contribution in [3.05, 3.63) is 65.0 Å². The Bertz CT molecular complexity index is 1210. The quantitative estimate of drug-likeness (QED) is 0.487. The zero-order valence-electron chi connectivity index (χ0n) is 19.3. The molecule has 4 rings (SSSR count). The van der Waals surface area contributed by atoms with Gasteiger partial charge in [0.05, 0.1) is 0 Å². The van der Waals surface area contributed by atoms with E-state index in [1.165, 1.54) is 16.2 Å². The van der Waals surface area contributed by atoms with E-state index >= 15 is 0 Å². The van der Waals surface area contributed by atoms with Crippen LogP contribution in [0.3, 0.4) is 0 Å². The van der Waals surface area contributed by atoms with Crippen molar-refractivity contribution in [1.82, 2.24) is 9.80 Å². The smallest absolute Gasteiger partial charge is 0.416 e. The summed E-state index contributed by atoms with van der Waals surface area (Å²) in [7, 11) is 0. The number of likely N-dealkylation sites (tertiary alicyclic amines) is 1. The van der Waals surface area contributed by atoms with Gasteiger partial charge in [-0.15, -0.1) is 11.3 Å². The number of benzene rings is 2. The maximum absolute atomic E-state index is 13.7. The lowest BCUT2D eigenvalue weighted by molar-refractivity contribution is -0.150. The van der Waals surface area contributed by atoms with Crippen LogP contribution in [0.5, 0.6) is 5.75 Å². The molecule has 0 saturated carbocycles. The van der Waals surface area contributed by atoms with Crippen LogP contribution < -0.4 is 4.74 Å². The predicted molar refractivity (Wildman–Crippen MR) is 131 cm³/mol. The molecule has 1 aromatic heterocycles. The lowest BCUT2D eigenvalue weighted by Crippen LogP contribution is -2.68. The van der Waals surface area contributed by atoms with Crippen LogP contribution in [-0.2, 0) is 16.1 Å². The molecular weight excluding hydrogens is 452 g/mol. The van der Waals surface area contributed by atoms with Crippen LogP contribution in [0.1, 0.15) is 37.3 Å². The van der Waals surface area contributed by atoms with Gasteiger partial charge in [0, 0.05) is 41.5 Å². The first-order valence-corrected chi connectivity index (χ1v) is 12.2. The van der Waals surface area contributed by atoms with Gasteiger partial charge in [0.2, 0.25) is 5.91 Å². The summed E-state index contributed by atoms with van der Waals surface area (Å²) >= 11 is 1.50. The topological polar surface area (TPSA) is 87.2 Å². The second-order valence-corrected chi connectivity index (χ2v) is 9.76. The molecule has 1 N–H and O–H groups in total. The lowest BCUT2D eigenvalue weighted by atomic mass is 9.85. The van der Waals surface area contributed by atoms with E-state index in [-0.39, 0.29) is 12.3 Å². The maximum Gasteiger partial charge on any atom is 0.416 e. The Balaban J connectivity index is 1.50. The minimum absolute atomic E-state index is 0.0224. The number of aliphatic carboxylic acids is 1. The van der Waals surface area contributed by atoms with Gasteiger partial charge >= 0.3 is 12.1 Å². The summed E-state index contributed by atoms with van der Waals surface area (Å²) in [4.78, 5) is 40.9. The average molecular weight is 481 g/mol. The minimum atomic E-state index is -1.03. The van der Waals surface area contributed by atoms with Gasteiger partial charge < -0.3 is 14.7 Å². The number of hydrogen-bond acceptors (Lipinski definition) is 5. The number of fused-ring (bicyclic) bond motifs is 1. The highest BCUT2D eigenvalue weighted by Gasteiger charge is 2.52. The third-order valence-corrected chi connectivity index (χ3v) is 7.28. The van der Waals surface area contributed by atoms with Gasteiger partial charge in [-0.3, -0.25) is 14.5 Å². The zero-order chi connectivity index (χ0) is 24.3. The number of nitrogens with zero attached hydrogens (tertiary/aromatic N) is 2. The van der Waals surface area contributed by atoms with Crippen molar-refractivity contribution in [2.45, 2.75) is 45.2 Å². The highest BCUT2D eigenvalue weighted by atomic mass is 32.1. The molecule has 1 fully saturated rings. The number of amides is 2. The fourth-order valence-corrected chi connectivity index (χ4v) is 5.05. The number of thiophene rings is 1. The number of aryl methyl sites for hydroxylation is 1. The summed E-state index contributed by atoms with van der Waals surface area (Å²) in [6.45, 7) is 4.83. The van der Waals surface area contributed by atoms with Gasteiger partial charge in [-0.1, -0.05) is 42.0 Å². The number of carbonyl (C=O) groups is 3. The second kappa shape index (κ2) is 9.85. The standard InChI is InChI=1S/C26H28N2O5S/c1-18-9-11-19(12-10-18)16-27(14-5-8-23(29)30)24(31)26(2)13-15-28(26)25(32)33-21-17-34-22-7-4-3-6-20(21)22/h3-4,6-7,9-12,17H,5,8,13-16H2,1-2H3,(H,29,30). The van der Waals surface area contributed by atoms with E-state index in [0.717, 1.165) is 21.2 Å². The first-order chi connectivity index (χ1) is 16.3. The molecule has 0 bridgehead atoms. The van der Waals surface area contributed by atoms with Crippen molar-refractivity contribution in [1.29, 1.82) is 0 Å². The molecule has 34 heavy (non-hydrogen) atoms. The summed E-state index contributed by atoms with van der Waals surface area (Å²) in [5.41, 5.74) is 1.04. The van der Waals surface area contributed by atoms with E-state index < -0.39 is 17.6 Å². The normalized spacial score (nSPS) is 17.3. The Labute approximate surface area is 202 Å². The van der Waals surface area contributed by atoms with Crippen molar-refractivity contribution in [3.63, 3.8) is 0 Å². The second-order valence-electron chi connectivity index (χ2n) is 8.85. The molecule has 178 valence electrons. The highest BCUT2D eigenvalue weighted by molar-refractivity contribution is 7.17. The van der Waals surface area contributed by atoms with Crippen molar-refractivity contribution in [2.24, 2.45) is 0 Å². The molecule has 2 aromatic carbocycles. The molecule has 0 aliphatic carbocycles. The van der Waals surface area contributed by atoms with Crippen molar-refractivity contribution >= 4 is 39.4 Å². The number of carboxylic acid groups (broad SMARTS) is 1. The summed E-state index contributed by atoms with van der Waals surface area (Å²) in [5.74, 6) is -0.604. The first-order valence-electron chi connectivity index (χ1n) is 11.3. The lowest BCUT2D eigenvalue weighted by Gasteiger charge is -2.49. The fraction of sp³-hybridized carbons (Fsp3) is 0.346. The summed E-state index contributed by atoms with van der Waals surface area (Å²) in [6, 6.07) is 15.6. The monoisotopic (exact) mass is 480 g/mol. The highest BCUT2D eigenvalue weighted by Crippen LogP contribution is 2.36. The van der Waals surface area contributed by atoms with Crippen LogP contribution in [0.2, 0.25) is 0 Å². The molecule has 0 spiro atoms. The molecule has 1 unspecified atom stereocenters. The van der Waals surface area contributed by atoms with E-state index in [4.69, 9.17) is 9.84 Å². The molecule has 3 aromatic rings. The van der Waals surface area contributed by atoms with Crippen molar-refractivity contribution in [2.75, 3.05) is 13.1 Å². The van der Waals surface area contributed by atoms with Gasteiger partial charge in [-0.25, -0.2) is 4.79 Å². The van der Waals surface area contributed by atoms with Gasteiger partial charge in [-0.2, -0.15) is 0 Å². The summed E-state index contributed by atoms with van der Waals surface area (Å²) < 4.78 is 6.71. The number of hydrogen-bond donors (Lipinski definition) is 1. The fourth-order valence-electron chi connectivity index (χ4n) is 4.18. The maximum atomic E-state index is 13.7. The van der Waals surface area contributed by atoms with Gasteiger partial charge in [-0.05, 0) is 44.4 Å². The Kier molecular flexibility index (Phi) is 6.88. The average Bonchev–Trinajstić information content (AvgIpc) is 3.20. The molecule has 1 aliphatic heterocycles. The van der Waals surface area contributed by atoms with Crippen LogP contribution in [0.15, 0.2) is 53.9 Å². The van der Waals surface area contributed by atoms with E-state index in [0.29, 0.717) is 38.2 Å². The van der Waals surface area contributed by atoms with Crippen LogP contribution in [0, 0.1) is 6.92 Å². The van der Waals surface area contributed by atoms with E-state index in [9.17, 15) is 14.4 Å². The molecule has 1 saturated heterocycles. The molecule has 1 atom stereocenters. The Morgan fingerprint density at radius 2 is 1.88 bits per heavy atom. The van der Waals surface area contributed by atoms with E-state index in [1.54, 1.807) is 17.2 Å². The predicted octanol–water partition coefficient (Wildman–Crippen LogP) is 5.07. The van der Waals surface area contributed by atoms with Crippen LogP contribution in [-0.4, -0.2) is 51.5 Å². The van der Waals surface area contributed by atoms with Gasteiger partial charge in [0.15, 0.2) is 5.75 Å². The number of carbonyl (C=O) groups excluding carboxylic acids is 2. The molecule has 0 radical (unpaired) electrons. The SMILES string of the molecule is Cc1ccc(CN(CCCC(=O)O)C(=O)C2(C)CCN2C(=O)Oc2csc3ccccc23)cc1. The van der Waals surface area contributed by atoms with Crippen molar-refractivity contribution < 1.29 is 24.2 Å². The molecule has 1 aliphatic rings. The largest absolute Gasteiger partial charge is 0.481 e. The molecule has 8 heteroatoms. The van der Waals surface area contributed by atoms with E-state index in [2.05, 4.69) is 0 Å². The van der Waals surface area contributed by atoms with Crippen molar-refractivity contribution in [3.8, 4) is 5.75 Å². The van der Waals surface area contributed by atoms with Gasteiger partial charge in [0.1, 0.15) is 5.54 Å².